The number of benzene rings is 2. The Morgan fingerprint density at radius 2 is 1.57 bits per heavy atom. The monoisotopic (exact) mass is 554 g/mol. The molecule has 5 heteroatoms. The van der Waals surface area contributed by atoms with E-state index in [-0.39, 0.29) is 0 Å². The minimum Gasteiger partial charge on any atom is -0.378 e. The van der Waals surface area contributed by atoms with E-state index in [0.717, 1.165) is 42.1 Å². The van der Waals surface area contributed by atoms with Crippen molar-refractivity contribution >= 4 is 11.0 Å². The summed E-state index contributed by atoms with van der Waals surface area (Å²) in [5.74, 6) is 0. The van der Waals surface area contributed by atoms with Crippen molar-refractivity contribution in [2.45, 2.75) is 71.0 Å². The minimum absolute atomic E-state index is 0.655. The van der Waals surface area contributed by atoms with E-state index >= 15 is 0 Å². The van der Waals surface area contributed by atoms with Crippen LogP contribution in [0.3, 0.4) is 0 Å². The number of fused-ring (bicyclic) bond motifs is 4. The number of aromatic nitrogens is 3. The molecular formula is C37H38N4O. The van der Waals surface area contributed by atoms with Gasteiger partial charge in [-0.25, -0.2) is 4.98 Å². The standard InChI is InChI=1S/C37H38N4O/c1-22-4-5-24(3)40-36(22)33-13-10-28(14-23(33)2)35-19-39-37-34(35)16-29(18-38-37)27-7-6-25-8-11-30(12-9-26(25)15-27)41-31-17-32(41)21-42-20-31/h4-7,10,13-16,18-19,30-32H,8-9,11-12,17,20-21H2,1-3H3,(H,38,39)/t30-,31?,32?/m0/s1. The van der Waals surface area contributed by atoms with Crippen LogP contribution in [-0.4, -0.2) is 51.2 Å². The molecule has 0 radical (unpaired) electrons. The van der Waals surface area contributed by atoms with Crippen molar-refractivity contribution in [3.63, 3.8) is 0 Å². The quantitative estimate of drug-likeness (QED) is 0.232. The van der Waals surface area contributed by atoms with Crippen LogP contribution in [0.4, 0.5) is 0 Å². The summed E-state index contributed by atoms with van der Waals surface area (Å²) >= 11 is 0. The number of pyridine rings is 2. The molecule has 2 unspecified atom stereocenters. The minimum atomic E-state index is 0.655. The third-order valence-electron chi connectivity index (χ3n) is 10.0. The van der Waals surface area contributed by atoms with Crippen molar-refractivity contribution in [1.29, 1.82) is 0 Å². The predicted octanol–water partition coefficient (Wildman–Crippen LogP) is 7.60. The molecule has 2 bridgehead atoms. The second-order valence-electron chi connectivity index (χ2n) is 12.7. The molecule has 5 nitrogen and oxygen atoms in total. The molecule has 3 aliphatic rings. The second kappa shape index (κ2) is 10.2. The number of ether oxygens (including phenoxy) is 1. The maximum absolute atomic E-state index is 5.76. The Morgan fingerprint density at radius 3 is 2.38 bits per heavy atom. The molecule has 212 valence electrons. The maximum Gasteiger partial charge on any atom is 0.137 e. The van der Waals surface area contributed by atoms with E-state index in [1.807, 2.05) is 6.20 Å². The summed E-state index contributed by atoms with van der Waals surface area (Å²) in [5.41, 5.74) is 14.5. The number of aromatic amines is 1. The van der Waals surface area contributed by atoms with Crippen molar-refractivity contribution in [3.05, 3.63) is 94.9 Å². The summed E-state index contributed by atoms with van der Waals surface area (Å²) in [4.78, 5) is 15.9. The topological polar surface area (TPSA) is 54.0 Å². The van der Waals surface area contributed by atoms with Crippen LogP contribution in [-0.2, 0) is 17.6 Å². The van der Waals surface area contributed by atoms with Crippen LogP contribution in [0.1, 0.15) is 47.2 Å². The molecule has 8 rings (SSSR count). The molecule has 0 amide bonds. The zero-order valence-electron chi connectivity index (χ0n) is 24.8. The lowest BCUT2D eigenvalue weighted by atomic mass is 9.87. The number of morpholine rings is 1. The molecule has 5 heterocycles. The average Bonchev–Trinajstić information content (AvgIpc) is 3.33. The highest BCUT2D eigenvalue weighted by molar-refractivity contribution is 5.96. The first-order chi connectivity index (χ1) is 20.5. The fraction of sp³-hybridized carbons (Fsp3) is 0.351. The zero-order chi connectivity index (χ0) is 28.4. The SMILES string of the molecule is Cc1ccc(C)c(-c2ccc(-c3c[nH]c4ncc(-c5ccc6c(c5)CC[C@@H](N5C7COCC5C7)CC6)cc34)cc2C)n1. The first-order valence-corrected chi connectivity index (χ1v) is 15.5. The third kappa shape index (κ3) is 4.38. The van der Waals surface area contributed by atoms with Gasteiger partial charge in [-0.2, -0.15) is 0 Å². The first kappa shape index (κ1) is 25.9. The van der Waals surface area contributed by atoms with E-state index in [0.29, 0.717) is 18.1 Å². The number of H-pyrrole nitrogens is 1. The Morgan fingerprint density at radius 1 is 0.762 bits per heavy atom. The average molecular weight is 555 g/mol. The first-order valence-electron chi connectivity index (χ1n) is 15.5. The van der Waals surface area contributed by atoms with E-state index in [1.54, 1.807) is 0 Å². The molecule has 42 heavy (non-hydrogen) atoms. The molecule has 5 aromatic rings. The molecule has 1 N–H and O–H groups in total. The van der Waals surface area contributed by atoms with E-state index in [1.165, 1.54) is 75.8 Å². The Hall–Kier alpha value is -3.80. The van der Waals surface area contributed by atoms with Crippen molar-refractivity contribution in [2.75, 3.05) is 13.2 Å². The van der Waals surface area contributed by atoms with Crippen LogP contribution in [0.15, 0.2) is 67.0 Å². The predicted molar refractivity (Wildman–Crippen MR) is 170 cm³/mol. The highest BCUT2D eigenvalue weighted by atomic mass is 16.5. The van der Waals surface area contributed by atoms with Gasteiger partial charge in [0.2, 0.25) is 0 Å². The van der Waals surface area contributed by atoms with Gasteiger partial charge in [0.25, 0.3) is 0 Å². The number of aryl methyl sites for hydroxylation is 5. The lowest BCUT2D eigenvalue weighted by molar-refractivity contribution is -0.148. The molecule has 1 aliphatic carbocycles. The summed E-state index contributed by atoms with van der Waals surface area (Å²) in [6.45, 7) is 8.22. The van der Waals surface area contributed by atoms with Crippen LogP contribution in [0, 0.1) is 20.8 Å². The lowest BCUT2D eigenvalue weighted by Crippen LogP contribution is -2.66. The van der Waals surface area contributed by atoms with Crippen molar-refractivity contribution in [3.8, 4) is 33.5 Å². The maximum atomic E-state index is 5.76. The number of rotatable bonds is 4. The number of hydrogen-bond acceptors (Lipinski definition) is 4. The molecule has 0 saturated carbocycles. The van der Waals surface area contributed by atoms with Gasteiger partial charge in [0.15, 0.2) is 0 Å². The summed E-state index contributed by atoms with van der Waals surface area (Å²) in [6.07, 6.45) is 10.3. The summed E-state index contributed by atoms with van der Waals surface area (Å²) in [6, 6.07) is 22.4. The smallest absolute Gasteiger partial charge is 0.137 e. The van der Waals surface area contributed by atoms with Gasteiger partial charge in [0.1, 0.15) is 5.65 Å². The number of hydrogen-bond donors (Lipinski definition) is 1. The molecule has 2 aromatic carbocycles. The summed E-state index contributed by atoms with van der Waals surface area (Å²) < 4.78 is 5.76. The van der Waals surface area contributed by atoms with Crippen LogP contribution in [0.25, 0.3) is 44.5 Å². The van der Waals surface area contributed by atoms with Gasteiger partial charge >= 0.3 is 0 Å². The molecule has 2 fully saturated rings. The van der Waals surface area contributed by atoms with E-state index in [9.17, 15) is 0 Å². The molecule has 3 atom stereocenters. The molecule has 2 aliphatic heterocycles. The lowest BCUT2D eigenvalue weighted by Gasteiger charge is -2.56. The fourth-order valence-corrected chi connectivity index (χ4v) is 7.73. The fourth-order valence-electron chi connectivity index (χ4n) is 7.73. The zero-order valence-corrected chi connectivity index (χ0v) is 24.8. The van der Waals surface area contributed by atoms with Gasteiger partial charge in [0, 0.05) is 58.3 Å². The van der Waals surface area contributed by atoms with Crippen molar-refractivity contribution in [1.82, 2.24) is 19.9 Å². The molecule has 0 spiro atoms. The molecule has 2 saturated heterocycles. The van der Waals surface area contributed by atoms with Gasteiger partial charge < -0.3 is 9.72 Å². The third-order valence-corrected chi connectivity index (χ3v) is 10.0. The normalized spacial score (nSPS) is 22.0. The molecular weight excluding hydrogens is 516 g/mol. The Bertz CT molecular complexity index is 1810. The summed E-state index contributed by atoms with van der Waals surface area (Å²) in [5, 5.41) is 1.16. The van der Waals surface area contributed by atoms with Crippen LogP contribution in [0.5, 0.6) is 0 Å². The Balaban J connectivity index is 1.08. The molecule has 3 aromatic heterocycles. The van der Waals surface area contributed by atoms with Crippen molar-refractivity contribution < 1.29 is 4.74 Å². The highest BCUT2D eigenvalue weighted by Gasteiger charge is 2.45. The van der Waals surface area contributed by atoms with Gasteiger partial charge in [-0.1, -0.05) is 42.5 Å². The number of nitrogens with one attached hydrogen (secondary N) is 1. The van der Waals surface area contributed by atoms with Gasteiger partial charge in [-0.05, 0) is 98.4 Å². The highest BCUT2D eigenvalue weighted by Crippen LogP contribution is 2.38. The Labute approximate surface area is 248 Å². The van der Waals surface area contributed by atoms with Crippen molar-refractivity contribution in [2.24, 2.45) is 0 Å². The largest absolute Gasteiger partial charge is 0.378 e. The van der Waals surface area contributed by atoms with Crippen LogP contribution in [0.2, 0.25) is 0 Å². The van der Waals surface area contributed by atoms with E-state index in [2.05, 4.69) is 91.4 Å². The van der Waals surface area contributed by atoms with Gasteiger partial charge in [-0.15, -0.1) is 0 Å². The Kier molecular flexibility index (Phi) is 6.27. The summed E-state index contributed by atoms with van der Waals surface area (Å²) in [7, 11) is 0. The van der Waals surface area contributed by atoms with Crippen LogP contribution < -0.4 is 0 Å². The van der Waals surface area contributed by atoms with Crippen LogP contribution >= 0.6 is 0 Å². The van der Waals surface area contributed by atoms with E-state index in [4.69, 9.17) is 14.7 Å². The second-order valence-corrected chi connectivity index (χ2v) is 12.7. The number of nitrogens with zero attached hydrogens (tertiary/aromatic N) is 3. The van der Waals surface area contributed by atoms with Gasteiger partial charge in [-0.3, -0.25) is 9.88 Å². The van der Waals surface area contributed by atoms with Gasteiger partial charge in [0.05, 0.1) is 18.9 Å². The van der Waals surface area contributed by atoms with E-state index < -0.39 is 0 Å².